The molecule has 0 aromatic carbocycles. The topological polar surface area (TPSA) is 94.0 Å². The third-order valence-electron chi connectivity index (χ3n) is 4.14. The Morgan fingerprint density at radius 2 is 2.10 bits per heavy atom. The van der Waals surface area contributed by atoms with Crippen LogP contribution >= 0.6 is 0 Å². The molecule has 1 saturated carbocycles. The fraction of sp³-hybridized carbons (Fsp3) is 0.786. The lowest BCUT2D eigenvalue weighted by Crippen LogP contribution is -2.28. The van der Waals surface area contributed by atoms with Crippen molar-refractivity contribution < 1.29 is 9.32 Å². The van der Waals surface area contributed by atoms with E-state index in [0.29, 0.717) is 18.4 Å². The van der Waals surface area contributed by atoms with Crippen molar-refractivity contribution >= 4 is 5.91 Å². The van der Waals surface area contributed by atoms with Crippen molar-refractivity contribution in [2.75, 3.05) is 6.54 Å². The summed E-state index contributed by atoms with van der Waals surface area (Å²) in [5.74, 6) is 2.94. The largest absolute Gasteiger partial charge is 0.369 e. The minimum absolute atomic E-state index is 0.122. The standard InChI is InChI=1S/C14H24N4O2/c1-9(2)10-3-5-11(6-4-10)14-17-13(20-18-14)8-16-7-12(15)19/h9-11,16H,3-8H2,1-2H3,(H2,15,19). The average molecular weight is 280 g/mol. The summed E-state index contributed by atoms with van der Waals surface area (Å²) in [4.78, 5) is 15.0. The molecule has 0 atom stereocenters. The van der Waals surface area contributed by atoms with E-state index < -0.39 is 5.91 Å². The lowest BCUT2D eigenvalue weighted by molar-refractivity contribution is -0.117. The van der Waals surface area contributed by atoms with Gasteiger partial charge in [-0.3, -0.25) is 10.1 Å². The predicted molar refractivity (Wildman–Crippen MR) is 74.7 cm³/mol. The summed E-state index contributed by atoms with van der Waals surface area (Å²) < 4.78 is 5.20. The van der Waals surface area contributed by atoms with Gasteiger partial charge in [-0.25, -0.2) is 0 Å². The zero-order chi connectivity index (χ0) is 14.5. The Balaban J connectivity index is 1.82. The number of primary amides is 1. The third-order valence-corrected chi connectivity index (χ3v) is 4.14. The smallest absolute Gasteiger partial charge is 0.240 e. The van der Waals surface area contributed by atoms with Crippen LogP contribution in [0, 0.1) is 11.8 Å². The molecule has 1 amide bonds. The maximum absolute atomic E-state index is 10.6. The maximum atomic E-state index is 10.6. The molecule has 0 aliphatic heterocycles. The summed E-state index contributed by atoms with van der Waals surface area (Å²) in [7, 11) is 0. The summed E-state index contributed by atoms with van der Waals surface area (Å²) in [5.41, 5.74) is 5.05. The molecule has 1 aromatic heterocycles. The second-order valence-electron chi connectivity index (χ2n) is 5.97. The Morgan fingerprint density at radius 1 is 1.40 bits per heavy atom. The van der Waals surface area contributed by atoms with Crippen molar-refractivity contribution in [1.29, 1.82) is 0 Å². The molecule has 6 nitrogen and oxygen atoms in total. The highest BCUT2D eigenvalue weighted by Gasteiger charge is 2.27. The van der Waals surface area contributed by atoms with Crippen LogP contribution in [0.5, 0.6) is 0 Å². The summed E-state index contributed by atoms with van der Waals surface area (Å²) in [6.07, 6.45) is 4.76. The van der Waals surface area contributed by atoms with Gasteiger partial charge in [0.2, 0.25) is 11.8 Å². The van der Waals surface area contributed by atoms with Gasteiger partial charge in [-0.15, -0.1) is 0 Å². The number of hydrogen-bond donors (Lipinski definition) is 2. The molecule has 0 unspecified atom stereocenters. The minimum Gasteiger partial charge on any atom is -0.369 e. The number of rotatable bonds is 6. The molecule has 0 saturated heterocycles. The summed E-state index contributed by atoms with van der Waals surface area (Å²) in [5, 5.41) is 6.93. The van der Waals surface area contributed by atoms with Crippen molar-refractivity contribution in [3.05, 3.63) is 11.7 Å². The normalized spacial score (nSPS) is 23.1. The van der Waals surface area contributed by atoms with Crippen LogP contribution in [-0.2, 0) is 11.3 Å². The number of aromatic nitrogens is 2. The lowest BCUT2D eigenvalue weighted by atomic mass is 9.77. The van der Waals surface area contributed by atoms with Crippen LogP contribution in [0.25, 0.3) is 0 Å². The highest BCUT2D eigenvalue weighted by molar-refractivity contribution is 5.75. The Hall–Kier alpha value is -1.43. The van der Waals surface area contributed by atoms with Crippen molar-refractivity contribution in [3.8, 4) is 0 Å². The van der Waals surface area contributed by atoms with Crippen LogP contribution in [-0.4, -0.2) is 22.6 Å². The van der Waals surface area contributed by atoms with Crippen LogP contribution in [0.3, 0.4) is 0 Å². The van der Waals surface area contributed by atoms with E-state index >= 15 is 0 Å². The zero-order valence-corrected chi connectivity index (χ0v) is 12.3. The monoisotopic (exact) mass is 280 g/mol. The SMILES string of the molecule is CC(C)C1CCC(c2noc(CNCC(N)=O)n2)CC1. The van der Waals surface area contributed by atoms with Gasteiger partial charge in [0.1, 0.15) is 0 Å². The zero-order valence-electron chi connectivity index (χ0n) is 12.3. The van der Waals surface area contributed by atoms with Crippen LogP contribution in [0.1, 0.15) is 57.2 Å². The average Bonchev–Trinajstić information content (AvgIpc) is 2.87. The van der Waals surface area contributed by atoms with Crippen molar-refractivity contribution in [2.24, 2.45) is 17.6 Å². The number of hydrogen-bond acceptors (Lipinski definition) is 5. The van der Waals surface area contributed by atoms with Crippen molar-refractivity contribution in [2.45, 2.75) is 52.0 Å². The first-order chi connectivity index (χ1) is 9.56. The number of nitrogens with two attached hydrogens (primary N) is 1. The van der Waals surface area contributed by atoms with Gasteiger partial charge in [-0.05, 0) is 37.5 Å². The summed E-state index contributed by atoms with van der Waals surface area (Å²) in [6, 6.07) is 0. The number of carbonyl (C=O) groups is 1. The molecule has 1 fully saturated rings. The van der Waals surface area contributed by atoms with Gasteiger partial charge < -0.3 is 10.3 Å². The van der Waals surface area contributed by atoms with Gasteiger partial charge in [-0.1, -0.05) is 19.0 Å². The first-order valence-corrected chi connectivity index (χ1v) is 7.37. The predicted octanol–water partition coefficient (Wildman–Crippen LogP) is 1.57. The molecule has 1 aromatic rings. The van der Waals surface area contributed by atoms with E-state index in [1.54, 1.807) is 0 Å². The number of nitrogens with one attached hydrogen (secondary N) is 1. The number of carbonyl (C=O) groups excluding carboxylic acids is 1. The van der Waals surface area contributed by atoms with E-state index in [-0.39, 0.29) is 6.54 Å². The van der Waals surface area contributed by atoms with Crippen LogP contribution in [0.4, 0.5) is 0 Å². The van der Waals surface area contributed by atoms with E-state index in [4.69, 9.17) is 10.3 Å². The minimum atomic E-state index is -0.392. The van der Waals surface area contributed by atoms with Crippen LogP contribution in [0.2, 0.25) is 0 Å². The van der Waals surface area contributed by atoms with Gasteiger partial charge in [0.15, 0.2) is 5.82 Å². The van der Waals surface area contributed by atoms with Crippen LogP contribution in [0.15, 0.2) is 4.52 Å². The third kappa shape index (κ3) is 4.03. The molecule has 1 aliphatic rings. The summed E-state index contributed by atoms with van der Waals surface area (Å²) >= 11 is 0. The molecule has 2 rings (SSSR count). The fourth-order valence-corrected chi connectivity index (χ4v) is 2.84. The quantitative estimate of drug-likeness (QED) is 0.825. The Morgan fingerprint density at radius 3 is 2.70 bits per heavy atom. The van der Waals surface area contributed by atoms with E-state index in [1.165, 1.54) is 12.8 Å². The van der Waals surface area contributed by atoms with Gasteiger partial charge in [0.25, 0.3) is 0 Å². The molecular formula is C14H24N4O2. The summed E-state index contributed by atoms with van der Waals surface area (Å²) in [6.45, 7) is 5.10. The fourth-order valence-electron chi connectivity index (χ4n) is 2.84. The molecule has 0 bridgehead atoms. The Bertz CT molecular complexity index is 436. The van der Waals surface area contributed by atoms with Gasteiger partial charge in [-0.2, -0.15) is 4.98 Å². The van der Waals surface area contributed by atoms with Crippen molar-refractivity contribution in [3.63, 3.8) is 0 Å². The number of amides is 1. The first-order valence-electron chi connectivity index (χ1n) is 7.37. The molecule has 1 aliphatic carbocycles. The van der Waals surface area contributed by atoms with Gasteiger partial charge >= 0.3 is 0 Å². The van der Waals surface area contributed by atoms with E-state index in [2.05, 4.69) is 29.3 Å². The first kappa shape index (κ1) is 15.0. The second-order valence-corrected chi connectivity index (χ2v) is 5.97. The Labute approximate surface area is 119 Å². The molecule has 112 valence electrons. The number of nitrogens with zero attached hydrogens (tertiary/aromatic N) is 2. The molecule has 0 spiro atoms. The molecule has 6 heteroatoms. The highest BCUT2D eigenvalue weighted by atomic mass is 16.5. The molecule has 1 heterocycles. The molecular weight excluding hydrogens is 256 g/mol. The highest BCUT2D eigenvalue weighted by Crippen LogP contribution is 2.37. The van der Waals surface area contributed by atoms with Gasteiger partial charge in [0, 0.05) is 5.92 Å². The molecule has 20 heavy (non-hydrogen) atoms. The lowest BCUT2D eigenvalue weighted by Gasteiger charge is -2.29. The second kappa shape index (κ2) is 6.83. The van der Waals surface area contributed by atoms with Crippen LogP contribution < -0.4 is 11.1 Å². The van der Waals surface area contributed by atoms with Gasteiger partial charge in [0.05, 0.1) is 13.1 Å². The Kier molecular flexibility index (Phi) is 5.11. The maximum Gasteiger partial charge on any atom is 0.240 e. The van der Waals surface area contributed by atoms with E-state index in [9.17, 15) is 4.79 Å². The van der Waals surface area contributed by atoms with E-state index in [0.717, 1.165) is 30.5 Å². The molecule has 0 radical (unpaired) electrons. The van der Waals surface area contributed by atoms with E-state index in [1.807, 2.05) is 0 Å². The van der Waals surface area contributed by atoms with Crippen molar-refractivity contribution in [1.82, 2.24) is 15.5 Å². The molecule has 3 N–H and O–H groups in total.